The van der Waals surface area contributed by atoms with Crippen LogP contribution in [0.4, 0.5) is 0 Å². The van der Waals surface area contributed by atoms with Crippen molar-refractivity contribution in [2.45, 2.75) is 25.4 Å². The average molecular weight is 133 g/mol. The first-order chi connectivity index (χ1) is 4.12. The van der Waals surface area contributed by atoms with Crippen LogP contribution in [0.15, 0.2) is 0 Å². The highest BCUT2D eigenvalue weighted by molar-refractivity contribution is 4.70. The second kappa shape index (κ2) is 3.82. The average Bonchev–Trinajstić information content (AvgIpc) is 1.84. The van der Waals surface area contributed by atoms with E-state index in [-0.39, 0.29) is 6.61 Å². The van der Waals surface area contributed by atoms with E-state index in [0.717, 1.165) is 6.42 Å². The zero-order valence-electron chi connectivity index (χ0n) is 5.80. The molecule has 9 heavy (non-hydrogen) atoms. The highest BCUT2D eigenvalue weighted by Crippen LogP contribution is 2.08. The molecule has 0 radical (unpaired) electrons. The maximum atomic E-state index is 9.15. The molecule has 3 heteroatoms. The van der Waals surface area contributed by atoms with Crippen LogP contribution in [-0.4, -0.2) is 29.0 Å². The lowest BCUT2D eigenvalue weighted by Gasteiger charge is -2.18. The number of hydrogen-bond acceptors (Lipinski definition) is 3. The summed E-state index contributed by atoms with van der Waals surface area (Å²) in [6.45, 7) is 1.98. The zero-order valence-corrected chi connectivity index (χ0v) is 5.80. The van der Waals surface area contributed by atoms with Crippen molar-refractivity contribution in [3.63, 3.8) is 0 Å². The summed E-state index contributed by atoms with van der Waals surface area (Å²) in [5.74, 6) is 0. The van der Waals surface area contributed by atoms with Crippen LogP contribution >= 0.6 is 0 Å². The molecule has 0 rings (SSSR count). The fourth-order valence-electron chi connectivity index (χ4n) is 0.562. The molecule has 1 unspecified atom stereocenters. The first kappa shape index (κ1) is 8.88. The molecule has 0 bridgehead atoms. The van der Waals surface area contributed by atoms with E-state index in [1.54, 1.807) is 6.92 Å². The van der Waals surface area contributed by atoms with Crippen molar-refractivity contribution < 1.29 is 10.2 Å². The van der Waals surface area contributed by atoms with E-state index in [4.69, 9.17) is 15.9 Å². The van der Waals surface area contributed by atoms with Crippen molar-refractivity contribution >= 4 is 0 Å². The van der Waals surface area contributed by atoms with Crippen molar-refractivity contribution in [2.75, 3.05) is 13.2 Å². The molecule has 0 aromatic carbocycles. The van der Waals surface area contributed by atoms with E-state index < -0.39 is 5.60 Å². The third kappa shape index (κ3) is 4.39. The SMILES string of the molecule is CC(O)(CO)CCCN. The Balaban J connectivity index is 3.33. The van der Waals surface area contributed by atoms with Crippen LogP contribution in [0.25, 0.3) is 0 Å². The van der Waals surface area contributed by atoms with Crippen LogP contribution in [0.5, 0.6) is 0 Å². The predicted molar refractivity (Wildman–Crippen MR) is 36.0 cm³/mol. The second-order valence-electron chi connectivity index (χ2n) is 2.55. The molecule has 0 aliphatic heterocycles. The normalized spacial score (nSPS) is 17.3. The van der Waals surface area contributed by atoms with Gasteiger partial charge in [0.1, 0.15) is 0 Å². The Hall–Kier alpha value is -0.120. The van der Waals surface area contributed by atoms with Crippen molar-refractivity contribution in [3.8, 4) is 0 Å². The van der Waals surface area contributed by atoms with Gasteiger partial charge < -0.3 is 15.9 Å². The third-order valence-corrected chi connectivity index (χ3v) is 1.26. The number of aliphatic hydroxyl groups excluding tert-OH is 1. The van der Waals surface area contributed by atoms with Gasteiger partial charge in [-0.25, -0.2) is 0 Å². The summed E-state index contributed by atoms with van der Waals surface area (Å²) >= 11 is 0. The molecule has 0 amide bonds. The van der Waals surface area contributed by atoms with Crippen LogP contribution in [-0.2, 0) is 0 Å². The van der Waals surface area contributed by atoms with Crippen molar-refractivity contribution in [1.29, 1.82) is 0 Å². The monoisotopic (exact) mass is 133 g/mol. The highest BCUT2D eigenvalue weighted by atomic mass is 16.3. The van der Waals surface area contributed by atoms with Gasteiger partial charge in [0.2, 0.25) is 0 Å². The molecule has 0 fully saturated rings. The standard InChI is InChI=1S/C6H15NO2/c1-6(9,5-8)3-2-4-7/h8-9H,2-5,7H2,1H3. The lowest BCUT2D eigenvalue weighted by molar-refractivity contribution is -0.00599. The van der Waals surface area contributed by atoms with Gasteiger partial charge in [-0.15, -0.1) is 0 Å². The molecule has 0 aromatic heterocycles. The Morgan fingerprint density at radius 2 is 2.11 bits per heavy atom. The molecule has 1 atom stereocenters. The Labute approximate surface area is 55.5 Å². The summed E-state index contributed by atoms with van der Waals surface area (Å²) in [6, 6.07) is 0. The maximum absolute atomic E-state index is 9.15. The zero-order chi connectivity index (χ0) is 7.33. The van der Waals surface area contributed by atoms with Crippen LogP contribution in [0.3, 0.4) is 0 Å². The van der Waals surface area contributed by atoms with E-state index in [2.05, 4.69) is 0 Å². The molecule has 3 nitrogen and oxygen atoms in total. The number of hydrogen-bond donors (Lipinski definition) is 3. The summed E-state index contributed by atoms with van der Waals surface area (Å²) in [6.07, 6.45) is 1.33. The molecule has 0 saturated carbocycles. The van der Waals surface area contributed by atoms with Gasteiger partial charge in [0.25, 0.3) is 0 Å². The second-order valence-corrected chi connectivity index (χ2v) is 2.55. The van der Waals surface area contributed by atoms with Crippen LogP contribution < -0.4 is 5.73 Å². The van der Waals surface area contributed by atoms with Gasteiger partial charge in [0.15, 0.2) is 0 Å². The molecule has 0 aliphatic carbocycles. The maximum Gasteiger partial charge on any atom is 0.0849 e. The van der Waals surface area contributed by atoms with Crippen molar-refractivity contribution in [2.24, 2.45) is 5.73 Å². The molecular formula is C6H15NO2. The summed E-state index contributed by atoms with van der Waals surface area (Å²) < 4.78 is 0. The van der Waals surface area contributed by atoms with Crippen molar-refractivity contribution in [1.82, 2.24) is 0 Å². The predicted octanol–water partition coefficient (Wildman–Crippen LogP) is -0.531. The molecule has 0 saturated heterocycles. The van der Waals surface area contributed by atoms with Gasteiger partial charge in [0.05, 0.1) is 12.2 Å². The third-order valence-electron chi connectivity index (χ3n) is 1.26. The molecule has 0 spiro atoms. The minimum absolute atomic E-state index is 0.188. The smallest absolute Gasteiger partial charge is 0.0849 e. The summed E-state index contributed by atoms with van der Waals surface area (Å²) in [5.41, 5.74) is 4.27. The molecular weight excluding hydrogens is 118 g/mol. The van der Waals surface area contributed by atoms with E-state index in [1.165, 1.54) is 0 Å². The minimum Gasteiger partial charge on any atom is -0.393 e. The van der Waals surface area contributed by atoms with Gasteiger partial charge in [0, 0.05) is 0 Å². The fourth-order valence-corrected chi connectivity index (χ4v) is 0.562. The Morgan fingerprint density at radius 3 is 2.44 bits per heavy atom. The van der Waals surface area contributed by atoms with E-state index in [9.17, 15) is 0 Å². The largest absolute Gasteiger partial charge is 0.393 e. The van der Waals surface area contributed by atoms with Gasteiger partial charge in [-0.3, -0.25) is 0 Å². The van der Waals surface area contributed by atoms with E-state index in [1.807, 2.05) is 0 Å². The summed E-state index contributed by atoms with van der Waals surface area (Å²) in [4.78, 5) is 0. The first-order valence-corrected chi connectivity index (χ1v) is 3.16. The lowest BCUT2D eigenvalue weighted by Crippen LogP contribution is -2.29. The molecule has 4 N–H and O–H groups in total. The number of nitrogens with two attached hydrogens (primary N) is 1. The molecule has 0 aliphatic rings. The van der Waals surface area contributed by atoms with Crippen molar-refractivity contribution in [3.05, 3.63) is 0 Å². The summed E-state index contributed by atoms with van der Waals surface area (Å²) in [5, 5.41) is 17.7. The first-order valence-electron chi connectivity index (χ1n) is 3.16. The summed E-state index contributed by atoms with van der Waals surface area (Å²) in [7, 11) is 0. The fraction of sp³-hybridized carbons (Fsp3) is 1.00. The number of aliphatic hydroxyl groups is 2. The van der Waals surface area contributed by atoms with Gasteiger partial charge in [-0.1, -0.05) is 0 Å². The Kier molecular flexibility index (Phi) is 3.77. The molecule has 56 valence electrons. The van der Waals surface area contributed by atoms with Gasteiger partial charge in [-0.2, -0.15) is 0 Å². The number of rotatable bonds is 4. The Morgan fingerprint density at radius 1 is 1.56 bits per heavy atom. The topological polar surface area (TPSA) is 66.5 Å². The quantitative estimate of drug-likeness (QED) is 0.483. The molecule has 0 aromatic rings. The minimum atomic E-state index is -0.931. The van der Waals surface area contributed by atoms with Crippen LogP contribution in [0.1, 0.15) is 19.8 Å². The molecule has 0 heterocycles. The highest BCUT2D eigenvalue weighted by Gasteiger charge is 2.16. The van der Waals surface area contributed by atoms with Gasteiger partial charge in [-0.05, 0) is 26.3 Å². The van der Waals surface area contributed by atoms with Crippen LogP contribution in [0, 0.1) is 0 Å². The van der Waals surface area contributed by atoms with Gasteiger partial charge >= 0.3 is 0 Å². The lowest BCUT2D eigenvalue weighted by atomic mass is 10.0. The van der Waals surface area contributed by atoms with E-state index in [0.29, 0.717) is 13.0 Å². The van der Waals surface area contributed by atoms with E-state index >= 15 is 0 Å². The Bertz CT molecular complexity index is 73.5. The van der Waals surface area contributed by atoms with Crippen LogP contribution in [0.2, 0.25) is 0 Å².